The van der Waals surface area contributed by atoms with Gasteiger partial charge in [-0.3, -0.25) is 9.59 Å². The lowest BCUT2D eigenvalue weighted by molar-refractivity contribution is 0.0989. The summed E-state index contributed by atoms with van der Waals surface area (Å²) in [5, 5.41) is 3.30. The van der Waals surface area contributed by atoms with Crippen molar-refractivity contribution in [2.24, 2.45) is 11.5 Å². The number of primary amides is 2. The second kappa shape index (κ2) is 16.9. The number of amides is 2. The summed E-state index contributed by atoms with van der Waals surface area (Å²) in [6.45, 7) is 10.3. The number of hydrogen-bond acceptors (Lipinski definition) is 7. The molecule has 0 unspecified atom stereocenters. The second-order valence-corrected chi connectivity index (χ2v) is 12.1. The zero-order valence-electron chi connectivity index (χ0n) is 27.3. The van der Waals surface area contributed by atoms with E-state index in [1.54, 1.807) is 18.3 Å². The molecule has 242 valence electrons. The number of carbonyl (C=O) groups is 2. The first-order valence-corrected chi connectivity index (χ1v) is 16.8. The van der Waals surface area contributed by atoms with E-state index in [0.717, 1.165) is 49.0 Å². The van der Waals surface area contributed by atoms with Crippen LogP contribution in [0.25, 0.3) is 0 Å². The van der Waals surface area contributed by atoms with Crippen LogP contribution >= 0.6 is 0 Å². The van der Waals surface area contributed by atoms with Crippen LogP contribution in [-0.2, 0) is 0 Å². The van der Waals surface area contributed by atoms with E-state index in [2.05, 4.69) is 44.4 Å². The second-order valence-electron chi connectivity index (χ2n) is 12.1. The third-order valence-electron chi connectivity index (χ3n) is 8.99. The molecule has 2 aromatic carbocycles. The van der Waals surface area contributed by atoms with Gasteiger partial charge in [-0.15, -0.1) is 0 Å². The normalized spacial score (nSPS) is 17.4. The quantitative estimate of drug-likeness (QED) is 0.275. The monoisotopic (exact) mass is 613 g/mol. The van der Waals surface area contributed by atoms with Gasteiger partial charge >= 0.3 is 0 Å². The van der Waals surface area contributed by atoms with Crippen LogP contribution in [-0.4, -0.2) is 58.9 Å². The number of anilines is 3. The summed E-state index contributed by atoms with van der Waals surface area (Å²) in [6.07, 6.45) is 13.3. The predicted octanol–water partition coefficient (Wildman–Crippen LogP) is 6.55. The molecule has 3 fully saturated rings. The van der Waals surface area contributed by atoms with Crippen LogP contribution in [0.5, 0.6) is 0 Å². The maximum Gasteiger partial charge on any atom is 0.271 e. The minimum Gasteiger partial charge on any atom is -0.366 e. The van der Waals surface area contributed by atoms with E-state index < -0.39 is 5.91 Å². The van der Waals surface area contributed by atoms with Gasteiger partial charge < -0.3 is 26.6 Å². The van der Waals surface area contributed by atoms with Crippen molar-refractivity contribution in [1.29, 1.82) is 0 Å². The Hall–Kier alpha value is -3.98. The maximum atomic E-state index is 11.9. The molecular formula is C36H51N7O2. The maximum absolute atomic E-state index is 11.9. The minimum absolute atomic E-state index is 0.180. The Morgan fingerprint density at radius 2 is 1.49 bits per heavy atom. The highest BCUT2D eigenvalue weighted by atomic mass is 16.1. The Kier molecular flexibility index (Phi) is 12.7. The van der Waals surface area contributed by atoms with Gasteiger partial charge in [0.05, 0.1) is 6.20 Å². The number of hydrogen-bond donors (Lipinski definition) is 3. The fraction of sp³-hybridized carbons (Fsp3) is 0.500. The number of benzene rings is 2. The lowest BCUT2D eigenvalue weighted by Gasteiger charge is -2.36. The van der Waals surface area contributed by atoms with Crippen LogP contribution in [0.1, 0.15) is 110 Å². The molecule has 1 saturated carbocycles. The number of nitrogens with zero attached hydrogens (tertiary/aromatic N) is 4. The Balaban J connectivity index is 0.000000326. The number of aromatic nitrogens is 2. The molecule has 1 aromatic heterocycles. The van der Waals surface area contributed by atoms with Crippen LogP contribution in [0.3, 0.4) is 0 Å². The number of rotatable bonds is 7. The Morgan fingerprint density at radius 3 is 2.07 bits per heavy atom. The Bertz CT molecular complexity index is 1370. The third-order valence-corrected chi connectivity index (χ3v) is 8.99. The molecule has 6 rings (SSSR count). The highest BCUT2D eigenvalue weighted by Crippen LogP contribution is 2.33. The van der Waals surface area contributed by atoms with Gasteiger partial charge in [-0.1, -0.05) is 56.5 Å². The first-order chi connectivity index (χ1) is 21.9. The molecule has 2 aliphatic heterocycles. The molecule has 2 saturated heterocycles. The summed E-state index contributed by atoms with van der Waals surface area (Å²) in [5.74, 6) is 0.917. The average Bonchev–Trinajstić information content (AvgIpc) is 3.62. The molecule has 45 heavy (non-hydrogen) atoms. The lowest BCUT2D eigenvalue weighted by Crippen LogP contribution is -2.39. The van der Waals surface area contributed by atoms with Gasteiger partial charge in [-0.05, 0) is 101 Å². The number of piperidine rings is 2. The molecule has 0 atom stereocenters. The molecule has 9 nitrogen and oxygen atoms in total. The van der Waals surface area contributed by atoms with Gasteiger partial charge in [-0.25, -0.2) is 9.97 Å². The van der Waals surface area contributed by atoms with Gasteiger partial charge in [0.2, 0.25) is 5.91 Å². The molecule has 2 amide bonds. The standard InChI is InChI=1S/C26H36N6O.C8H9NO.C2H6/c27-25(33)24-26(30-23(18-28-24)32-14-4-1-5-15-32)29-21-10-8-19(9-11-21)20-12-16-31(17-13-20)22-6-2-3-7-22;1-6-3-2-4-7(5-6)8(9)10;1-2/h8-11,18,20,22H,1-7,12-17H2,(H2,27,33)(H,29,30);2-5H,1H3,(H2,9,10);1-2H3. The van der Waals surface area contributed by atoms with Gasteiger partial charge in [0.1, 0.15) is 5.82 Å². The van der Waals surface area contributed by atoms with Crippen molar-refractivity contribution in [2.75, 3.05) is 36.4 Å². The van der Waals surface area contributed by atoms with E-state index >= 15 is 0 Å². The number of aryl methyl sites for hydroxylation is 1. The highest BCUT2D eigenvalue weighted by Gasteiger charge is 2.27. The third kappa shape index (κ3) is 9.50. The van der Waals surface area contributed by atoms with E-state index in [1.165, 1.54) is 63.6 Å². The molecule has 3 aromatic rings. The molecule has 3 heterocycles. The van der Waals surface area contributed by atoms with Crippen molar-refractivity contribution < 1.29 is 9.59 Å². The molecular weight excluding hydrogens is 562 g/mol. The van der Waals surface area contributed by atoms with E-state index in [1.807, 2.05) is 32.9 Å². The summed E-state index contributed by atoms with van der Waals surface area (Å²) in [7, 11) is 0. The van der Waals surface area contributed by atoms with Gasteiger partial charge in [0.15, 0.2) is 11.5 Å². The van der Waals surface area contributed by atoms with Crippen LogP contribution in [0.4, 0.5) is 17.3 Å². The van der Waals surface area contributed by atoms with Crippen LogP contribution < -0.4 is 21.7 Å². The fourth-order valence-electron chi connectivity index (χ4n) is 6.56. The van der Waals surface area contributed by atoms with Crippen molar-refractivity contribution in [2.45, 2.75) is 90.5 Å². The summed E-state index contributed by atoms with van der Waals surface area (Å²) in [6, 6.07) is 16.6. The summed E-state index contributed by atoms with van der Waals surface area (Å²) < 4.78 is 0. The van der Waals surface area contributed by atoms with E-state index in [4.69, 9.17) is 16.5 Å². The number of nitrogens with two attached hydrogens (primary N) is 2. The van der Waals surface area contributed by atoms with Crippen LogP contribution in [0.2, 0.25) is 0 Å². The zero-order valence-corrected chi connectivity index (χ0v) is 27.3. The zero-order chi connectivity index (χ0) is 32.2. The number of carbonyl (C=O) groups excluding carboxylic acids is 2. The van der Waals surface area contributed by atoms with Gasteiger partial charge in [-0.2, -0.15) is 0 Å². The predicted molar refractivity (Wildman–Crippen MR) is 183 cm³/mol. The van der Waals surface area contributed by atoms with Crippen molar-refractivity contribution in [3.63, 3.8) is 0 Å². The topological polar surface area (TPSA) is 130 Å². The SMILES string of the molecule is CC.Cc1cccc(C(N)=O)c1.NC(=O)c1ncc(N2CCCCC2)nc1Nc1ccc(C2CCN(C3CCCC3)CC2)cc1. The van der Waals surface area contributed by atoms with E-state index in [-0.39, 0.29) is 11.6 Å². The van der Waals surface area contributed by atoms with E-state index in [0.29, 0.717) is 17.3 Å². The smallest absolute Gasteiger partial charge is 0.271 e. The molecule has 5 N–H and O–H groups in total. The number of nitrogens with one attached hydrogen (secondary N) is 1. The van der Waals surface area contributed by atoms with Gasteiger partial charge in [0.25, 0.3) is 5.91 Å². The number of likely N-dealkylation sites (tertiary alicyclic amines) is 1. The minimum atomic E-state index is -0.569. The molecule has 0 radical (unpaired) electrons. The van der Waals surface area contributed by atoms with Gasteiger partial charge in [0, 0.05) is 30.4 Å². The summed E-state index contributed by atoms with van der Waals surface area (Å²) >= 11 is 0. The van der Waals surface area contributed by atoms with Crippen molar-refractivity contribution in [3.8, 4) is 0 Å². The lowest BCUT2D eigenvalue weighted by atomic mass is 9.88. The highest BCUT2D eigenvalue weighted by molar-refractivity contribution is 5.96. The van der Waals surface area contributed by atoms with Crippen LogP contribution in [0, 0.1) is 6.92 Å². The Morgan fingerprint density at radius 1 is 0.822 bits per heavy atom. The van der Waals surface area contributed by atoms with Crippen molar-refractivity contribution in [1.82, 2.24) is 14.9 Å². The molecule has 9 heteroatoms. The molecule has 0 bridgehead atoms. The fourth-order valence-corrected chi connectivity index (χ4v) is 6.56. The average molecular weight is 614 g/mol. The summed E-state index contributed by atoms with van der Waals surface area (Å²) in [5.41, 5.74) is 14.7. The first kappa shape index (κ1) is 33.9. The van der Waals surface area contributed by atoms with Crippen LogP contribution in [0.15, 0.2) is 54.7 Å². The summed E-state index contributed by atoms with van der Waals surface area (Å²) in [4.78, 5) is 36.5. The largest absolute Gasteiger partial charge is 0.366 e. The molecule has 3 aliphatic rings. The molecule has 1 aliphatic carbocycles. The van der Waals surface area contributed by atoms with Crippen molar-refractivity contribution in [3.05, 3.63) is 77.1 Å². The first-order valence-electron chi connectivity index (χ1n) is 16.8. The van der Waals surface area contributed by atoms with Crippen molar-refractivity contribution >= 4 is 29.1 Å². The molecule has 0 spiro atoms. The Labute approximate surface area is 268 Å². The van der Waals surface area contributed by atoms with E-state index in [9.17, 15) is 9.59 Å².